The molecule has 2 heterocycles. The van der Waals surface area contributed by atoms with Crippen molar-refractivity contribution >= 4 is 119 Å². The van der Waals surface area contributed by atoms with Crippen LogP contribution in [0.15, 0.2) is 152 Å². The molecular weight excluding hydrogens is 813 g/mol. The summed E-state index contributed by atoms with van der Waals surface area (Å²) in [6.07, 6.45) is 1.94. The number of rotatable bonds is 6. The standard InChI is InChI=1S/C60H50N2S2/c1-35-22-28-48(37(3)30-35)61(50-18-12-16-44-42-14-8-10-20-54(42)63-58(44)50)52-34-53(47-27-25-40-33-41(60(5,6)7)32-39-24-26-46(52)57(47)56(39)40)62(49-29-23-36(2)31-38(49)4)51-19-13-17-45-43-15-9-11-21-55(43)64-59(45)51/h8-24,26,28-34H,25,27H2,1-7H3. The highest BCUT2D eigenvalue weighted by atomic mass is 32.1. The van der Waals surface area contributed by atoms with Crippen molar-refractivity contribution in [2.45, 2.75) is 66.7 Å². The summed E-state index contributed by atoms with van der Waals surface area (Å²) in [7, 11) is 0. The molecule has 0 fully saturated rings. The molecule has 0 N–H and O–H groups in total. The summed E-state index contributed by atoms with van der Waals surface area (Å²) in [5.74, 6) is 0. The highest BCUT2D eigenvalue weighted by Crippen LogP contribution is 2.55. The lowest BCUT2D eigenvalue weighted by Crippen LogP contribution is -2.19. The lowest BCUT2D eigenvalue weighted by atomic mass is 9.79. The summed E-state index contributed by atoms with van der Waals surface area (Å²) >= 11 is 3.81. The van der Waals surface area contributed by atoms with Crippen molar-refractivity contribution in [2.24, 2.45) is 0 Å². The highest BCUT2D eigenvalue weighted by Gasteiger charge is 2.31. The molecule has 0 saturated heterocycles. The van der Waals surface area contributed by atoms with Crippen LogP contribution in [-0.2, 0) is 18.3 Å². The van der Waals surface area contributed by atoms with Crippen LogP contribution in [0.25, 0.3) is 61.9 Å². The van der Waals surface area contributed by atoms with Gasteiger partial charge in [-0.15, -0.1) is 22.7 Å². The number of hydrogen-bond donors (Lipinski definition) is 0. The van der Waals surface area contributed by atoms with E-state index in [1.807, 2.05) is 22.7 Å². The van der Waals surface area contributed by atoms with Crippen molar-refractivity contribution in [3.05, 3.63) is 191 Å². The Hall–Kier alpha value is -6.46. The molecule has 11 aromatic rings. The van der Waals surface area contributed by atoms with Crippen LogP contribution in [-0.4, -0.2) is 0 Å². The van der Waals surface area contributed by atoms with Gasteiger partial charge in [0.1, 0.15) is 0 Å². The van der Waals surface area contributed by atoms with Gasteiger partial charge in [0.15, 0.2) is 0 Å². The van der Waals surface area contributed by atoms with Gasteiger partial charge in [0, 0.05) is 47.7 Å². The Morgan fingerprint density at radius 2 is 0.969 bits per heavy atom. The van der Waals surface area contributed by atoms with E-state index in [9.17, 15) is 0 Å². The van der Waals surface area contributed by atoms with E-state index in [-0.39, 0.29) is 5.41 Å². The molecule has 2 aromatic heterocycles. The second kappa shape index (κ2) is 14.5. The largest absolute Gasteiger partial charge is 0.308 e. The average molecular weight is 863 g/mol. The third-order valence-corrected chi connectivity index (χ3v) is 16.2. The fourth-order valence-electron chi connectivity index (χ4n) is 10.7. The number of anilines is 6. The van der Waals surface area contributed by atoms with Gasteiger partial charge < -0.3 is 9.80 Å². The third kappa shape index (κ3) is 6.03. The Morgan fingerprint density at radius 3 is 1.53 bits per heavy atom. The summed E-state index contributed by atoms with van der Waals surface area (Å²) in [6.45, 7) is 16.0. The molecule has 1 aliphatic rings. The smallest absolute Gasteiger partial charge is 0.0640 e. The summed E-state index contributed by atoms with van der Waals surface area (Å²) in [5.41, 5.74) is 16.6. The van der Waals surface area contributed by atoms with E-state index in [0.717, 1.165) is 12.8 Å². The van der Waals surface area contributed by atoms with Gasteiger partial charge in [-0.05, 0) is 132 Å². The fraction of sp³-hybridized carbons (Fsp3) is 0.167. The molecule has 64 heavy (non-hydrogen) atoms. The van der Waals surface area contributed by atoms with Crippen molar-refractivity contribution in [1.29, 1.82) is 0 Å². The minimum atomic E-state index is 0.0400. The van der Waals surface area contributed by atoms with Crippen LogP contribution in [0.5, 0.6) is 0 Å². The highest BCUT2D eigenvalue weighted by molar-refractivity contribution is 7.26. The molecule has 0 spiro atoms. The number of hydrogen-bond acceptors (Lipinski definition) is 4. The second-order valence-corrected chi connectivity index (χ2v) is 21.2. The van der Waals surface area contributed by atoms with Crippen LogP contribution in [0.4, 0.5) is 34.1 Å². The molecule has 0 amide bonds. The summed E-state index contributed by atoms with van der Waals surface area (Å²) < 4.78 is 5.23. The molecule has 0 atom stereocenters. The maximum Gasteiger partial charge on any atom is 0.0640 e. The van der Waals surface area contributed by atoms with Crippen LogP contribution in [0.1, 0.15) is 59.7 Å². The zero-order valence-electron chi connectivity index (χ0n) is 37.6. The number of fused-ring (bicyclic) bond motifs is 6. The number of nitrogens with zero attached hydrogens (tertiary/aromatic N) is 2. The molecule has 12 rings (SSSR count). The average Bonchev–Trinajstić information content (AvgIpc) is 3.87. The van der Waals surface area contributed by atoms with Gasteiger partial charge in [-0.1, -0.05) is 141 Å². The van der Waals surface area contributed by atoms with E-state index in [1.165, 1.54) is 135 Å². The molecule has 4 heteroatoms. The Kier molecular flexibility index (Phi) is 8.89. The van der Waals surface area contributed by atoms with Gasteiger partial charge in [-0.2, -0.15) is 0 Å². The number of aryl methyl sites for hydroxylation is 6. The quantitative estimate of drug-likeness (QED) is 0.154. The first-order valence-electron chi connectivity index (χ1n) is 22.6. The van der Waals surface area contributed by atoms with Gasteiger partial charge in [-0.3, -0.25) is 0 Å². The maximum atomic E-state index is 2.64. The fourth-order valence-corrected chi connectivity index (χ4v) is 13.2. The molecule has 9 aromatic carbocycles. The van der Waals surface area contributed by atoms with Gasteiger partial charge in [0.25, 0.3) is 0 Å². The SMILES string of the molecule is Cc1ccc(N(c2cc(N(c3ccc(C)cc3C)c3cccc4c3sc3ccccc34)c3ccc4cc(C(C)(C)C)cc5c4c3c2CC5)c2cccc3c2sc2ccccc23)c(C)c1. The summed E-state index contributed by atoms with van der Waals surface area (Å²) in [5, 5.41) is 10.6. The van der Waals surface area contributed by atoms with Crippen LogP contribution < -0.4 is 9.80 Å². The first kappa shape index (κ1) is 39.2. The normalized spacial score (nSPS) is 12.8. The predicted molar refractivity (Wildman–Crippen MR) is 282 cm³/mol. The first-order valence-corrected chi connectivity index (χ1v) is 24.3. The molecule has 2 nitrogen and oxygen atoms in total. The summed E-state index contributed by atoms with van der Waals surface area (Å²) in [6, 6.07) is 58.1. The monoisotopic (exact) mass is 862 g/mol. The van der Waals surface area contributed by atoms with Crippen LogP contribution in [0.2, 0.25) is 0 Å². The Balaban J connectivity index is 1.26. The number of thiophene rings is 2. The van der Waals surface area contributed by atoms with Crippen molar-refractivity contribution in [2.75, 3.05) is 9.80 Å². The van der Waals surface area contributed by atoms with E-state index in [0.29, 0.717) is 0 Å². The van der Waals surface area contributed by atoms with Crippen molar-refractivity contribution in [3.63, 3.8) is 0 Å². The Morgan fingerprint density at radius 1 is 0.422 bits per heavy atom. The Labute approximate surface area is 383 Å². The van der Waals surface area contributed by atoms with E-state index < -0.39 is 0 Å². The predicted octanol–water partition coefficient (Wildman–Crippen LogP) is 18.3. The molecule has 0 unspecified atom stereocenters. The lowest BCUT2D eigenvalue weighted by molar-refractivity contribution is 0.590. The topological polar surface area (TPSA) is 6.48 Å². The third-order valence-electron chi connectivity index (χ3n) is 13.8. The molecule has 0 saturated carbocycles. The van der Waals surface area contributed by atoms with Crippen LogP contribution in [0, 0.1) is 27.7 Å². The molecule has 1 aliphatic carbocycles. The van der Waals surface area contributed by atoms with Crippen LogP contribution in [0.3, 0.4) is 0 Å². The zero-order valence-corrected chi connectivity index (χ0v) is 39.2. The van der Waals surface area contributed by atoms with Gasteiger partial charge in [0.05, 0.1) is 32.1 Å². The second-order valence-electron chi connectivity index (χ2n) is 19.1. The minimum Gasteiger partial charge on any atom is -0.308 e. The van der Waals surface area contributed by atoms with E-state index >= 15 is 0 Å². The zero-order chi connectivity index (χ0) is 43.6. The Bertz CT molecular complexity index is 3730. The molecule has 0 aliphatic heterocycles. The van der Waals surface area contributed by atoms with Crippen molar-refractivity contribution < 1.29 is 0 Å². The molecule has 312 valence electrons. The van der Waals surface area contributed by atoms with Gasteiger partial charge >= 0.3 is 0 Å². The molecule has 0 radical (unpaired) electrons. The van der Waals surface area contributed by atoms with E-state index in [2.05, 4.69) is 210 Å². The van der Waals surface area contributed by atoms with E-state index in [1.54, 1.807) is 0 Å². The van der Waals surface area contributed by atoms with Crippen molar-refractivity contribution in [1.82, 2.24) is 0 Å². The first-order chi connectivity index (χ1) is 31.0. The van der Waals surface area contributed by atoms with Crippen molar-refractivity contribution in [3.8, 4) is 0 Å². The van der Waals surface area contributed by atoms with Crippen LogP contribution >= 0.6 is 22.7 Å². The molecular formula is C60H50N2S2. The lowest BCUT2D eigenvalue weighted by Gasteiger charge is -2.36. The van der Waals surface area contributed by atoms with E-state index in [4.69, 9.17) is 0 Å². The summed E-state index contributed by atoms with van der Waals surface area (Å²) in [4.78, 5) is 5.25. The maximum absolute atomic E-state index is 2.64. The minimum absolute atomic E-state index is 0.0400. The van der Waals surface area contributed by atoms with Gasteiger partial charge in [0.2, 0.25) is 0 Å². The van der Waals surface area contributed by atoms with Gasteiger partial charge in [-0.25, -0.2) is 0 Å². The number of benzene rings is 9. The molecule has 0 bridgehead atoms.